The molecule has 10 heavy (non-hydrogen) atoms. The Morgan fingerprint density at radius 3 is 2.50 bits per heavy atom. The zero-order chi connectivity index (χ0) is 7.56. The van der Waals surface area contributed by atoms with Gasteiger partial charge in [0.05, 0.1) is 5.35 Å². The van der Waals surface area contributed by atoms with Crippen LogP contribution in [0.2, 0.25) is 0 Å². The van der Waals surface area contributed by atoms with Gasteiger partial charge in [0.2, 0.25) is 0 Å². The monoisotopic (exact) mass is 139 g/mol. The van der Waals surface area contributed by atoms with E-state index in [1.165, 1.54) is 0 Å². The molecule has 3 heteroatoms. The van der Waals surface area contributed by atoms with Gasteiger partial charge in [-0.25, -0.2) is 4.79 Å². The van der Waals surface area contributed by atoms with E-state index in [1.807, 2.05) is 13.8 Å². The second-order valence-electron chi connectivity index (χ2n) is 1.87. The number of H-pyrrole nitrogens is 1. The Hall–Kier alpha value is -1.25. The van der Waals surface area contributed by atoms with Gasteiger partial charge in [0.25, 0.3) is 0 Å². The van der Waals surface area contributed by atoms with Crippen LogP contribution in [0, 0.1) is 0 Å². The summed E-state index contributed by atoms with van der Waals surface area (Å²) in [4.78, 5) is 13.1. The predicted octanol–water partition coefficient (Wildman–Crippen LogP) is -0.431. The van der Waals surface area contributed by atoms with E-state index in [1.54, 1.807) is 12.2 Å². The molecule has 1 heterocycles. The number of nitrogens with one attached hydrogen (secondary N) is 1. The summed E-state index contributed by atoms with van der Waals surface area (Å²) in [6.07, 6.45) is 3.54. The van der Waals surface area contributed by atoms with Crippen molar-refractivity contribution < 1.29 is 4.42 Å². The van der Waals surface area contributed by atoms with E-state index in [-0.39, 0.29) is 0 Å². The second kappa shape index (κ2) is 2.56. The molecular weight excluding hydrogens is 130 g/mol. The van der Waals surface area contributed by atoms with Crippen LogP contribution in [-0.4, -0.2) is 4.98 Å². The summed E-state index contributed by atoms with van der Waals surface area (Å²) in [5.74, 6) is -0.402. The number of oxazole rings is 1. The lowest BCUT2D eigenvalue weighted by Gasteiger charge is -1.69. The molecule has 0 fully saturated rings. The van der Waals surface area contributed by atoms with Crippen LogP contribution in [0.25, 0.3) is 12.2 Å². The second-order valence-corrected chi connectivity index (χ2v) is 1.87. The number of aromatic amines is 1. The molecule has 0 aliphatic rings. The SMILES string of the molecule is C/C=c1/[nH]c(=O)o/c1=C/C. The van der Waals surface area contributed by atoms with Crippen LogP contribution >= 0.6 is 0 Å². The Morgan fingerprint density at radius 2 is 2.10 bits per heavy atom. The minimum Gasteiger partial charge on any atom is -0.408 e. The molecule has 1 aromatic rings. The molecule has 1 N–H and O–H groups in total. The molecular formula is C7H9NO2. The van der Waals surface area contributed by atoms with Crippen molar-refractivity contribution in [2.75, 3.05) is 0 Å². The minimum absolute atomic E-state index is 0.402. The van der Waals surface area contributed by atoms with Crippen molar-refractivity contribution in [3.8, 4) is 0 Å². The Balaban J connectivity index is 3.69. The Kier molecular flexibility index (Phi) is 1.76. The molecule has 0 unspecified atom stereocenters. The van der Waals surface area contributed by atoms with E-state index in [0.29, 0.717) is 5.42 Å². The highest BCUT2D eigenvalue weighted by Crippen LogP contribution is 1.56. The maximum Gasteiger partial charge on any atom is 0.417 e. The summed E-state index contributed by atoms with van der Waals surface area (Å²) in [7, 11) is 0. The normalized spacial score (nSPS) is 14.6. The van der Waals surface area contributed by atoms with Gasteiger partial charge in [0.1, 0.15) is 0 Å². The predicted molar refractivity (Wildman–Crippen MR) is 38.9 cm³/mol. The molecule has 0 atom stereocenters. The van der Waals surface area contributed by atoms with Crippen LogP contribution in [0.4, 0.5) is 0 Å². The fraction of sp³-hybridized carbons (Fsp3) is 0.286. The van der Waals surface area contributed by atoms with E-state index in [0.717, 1.165) is 5.35 Å². The Morgan fingerprint density at radius 1 is 1.40 bits per heavy atom. The van der Waals surface area contributed by atoms with Crippen molar-refractivity contribution in [3.63, 3.8) is 0 Å². The van der Waals surface area contributed by atoms with E-state index in [9.17, 15) is 4.79 Å². The third-order valence-electron chi connectivity index (χ3n) is 1.26. The summed E-state index contributed by atoms with van der Waals surface area (Å²) < 4.78 is 4.76. The average molecular weight is 139 g/mol. The van der Waals surface area contributed by atoms with Gasteiger partial charge < -0.3 is 4.42 Å². The number of rotatable bonds is 0. The molecule has 0 saturated carbocycles. The largest absolute Gasteiger partial charge is 0.417 e. The van der Waals surface area contributed by atoms with Crippen LogP contribution in [0.15, 0.2) is 9.21 Å². The highest BCUT2D eigenvalue weighted by Gasteiger charge is 1.88. The zero-order valence-electron chi connectivity index (χ0n) is 5.97. The maximum atomic E-state index is 10.6. The van der Waals surface area contributed by atoms with Crippen molar-refractivity contribution in [1.29, 1.82) is 0 Å². The van der Waals surface area contributed by atoms with Gasteiger partial charge >= 0.3 is 5.76 Å². The highest BCUT2D eigenvalue weighted by molar-refractivity contribution is 5.19. The molecule has 0 radical (unpaired) electrons. The molecule has 3 nitrogen and oxygen atoms in total. The molecule has 54 valence electrons. The van der Waals surface area contributed by atoms with Crippen molar-refractivity contribution in [1.82, 2.24) is 4.98 Å². The lowest BCUT2D eigenvalue weighted by Crippen LogP contribution is -2.21. The van der Waals surface area contributed by atoms with Crippen molar-refractivity contribution in [3.05, 3.63) is 21.3 Å². The zero-order valence-corrected chi connectivity index (χ0v) is 5.97. The van der Waals surface area contributed by atoms with Crippen molar-refractivity contribution in [2.45, 2.75) is 13.8 Å². The van der Waals surface area contributed by atoms with Crippen LogP contribution in [0.5, 0.6) is 0 Å². The first kappa shape index (κ1) is 6.86. The topological polar surface area (TPSA) is 46.0 Å². The molecule has 0 saturated heterocycles. The average Bonchev–Trinajstić information content (AvgIpc) is 2.30. The van der Waals surface area contributed by atoms with E-state index in [4.69, 9.17) is 4.42 Å². The molecule has 0 aromatic carbocycles. The summed E-state index contributed by atoms with van der Waals surface area (Å²) in [6.45, 7) is 3.66. The smallest absolute Gasteiger partial charge is 0.408 e. The Bertz CT molecular complexity index is 335. The fourth-order valence-corrected chi connectivity index (χ4v) is 0.781. The fourth-order valence-electron chi connectivity index (χ4n) is 0.781. The first-order valence-electron chi connectivity index (χ1n) is 3.09. The van der Waals surface area contributed by atoms with Gasteiger partial charge in [-0.2, -0.15) is 0 Å². The van der Waals surface area contributed by atoms with E-state index in [2.05, 4.69) is 4.98 Å². The van der Waals surface area contributed by atoms with Gasteiger partial charge in [-0.05, 0) is 19.9 Å². The van der Waals surface area contributed by atoms with Crippen molar-refractivity contribution >= 4 is 12.2 Å². The van der Waals surface area contributed by atoms with Gasteiger partial charge in [-0.3, -0.25) is 4.98 Å². The molecule has 0 amide bonds. The molecule has 0 spiro atoms. The van der Waals surface area contributed by atoms with Crippen LogP contribution < -0.4 is 16.5 Å². The van der Waals surface area contributed by atoms with E-state index < -0.39 is 5.76 Å². The minimum atomic E-state index is -0.402. The Labute approximate surface area is 57.7 Å². The number of hydrogen-bond donors (Lipinski definition) is 1. The first-order valence-corrected chi connectivity index (χ1v) is 3.09. The summed E-state index contributed by atoms with van der Waals surface area (Å²) in [5.41, 5.74) is 0.604. The van der Waals surface area contributed by atoms with Crippen LogP contribution in [0.3, 0.4) is 0 Å². The summed E-state index contributed by atoms with van der Waals surface area (Å²) >= 11 is 0. The lowest BCUT2D eigenvalue weighted by atomic mass is 10.5. The van der Waals surface area contributed by atoms with Crippen LogP contribution in [0.1, 0.15) is 13.8 Å². The summed E-state index contributed by atoms with van der Waals surface area (Å²) in [6, 6.07) is 0. The van der Waals surface area contributed by atoms with E-state index >= 15 is 0 Å². The first-order chi connectivity index (χ1) is 4.77. The molecule has 1 aromatic heterocycles. The molecule has 0 aliphatic heterocycles. The number of hydrogen-bond acceptors (Lipinski definition) is 2. The molecule has 0 aliphatic carbocycles. The maximum absolute atomic E-state index is 10.6. The summed E-state index contributed by atoms with van der Waals surface area (Å²) in [5, 5.41) is 0.743. The molecule has 1 rings (SSSR count). The molecule has 0 bridgehead atoms. The quantitative estimate of drug-likeness (QED) is 0.530. The third kappa shape index (κ3) is 1.03. The lowest BCUT2D eigenvalue weighted by molar-refractivity contribution is 0.485. The third-order valence-corrected chi connectivity index (χ3v) is 1.26. The number of aromatic nitrogens is 1. The van der Waals surface area contributed by atoms with Gasteiger partial charge in [-0.1, -0.05) is 6.08 Å². The standard InChI is InChI=1S/C7H9NO2/c1-3-5-6(4-2)10-7(9)8-5/h3-4H,1-2H3,(H,8,9)/b5-3+,6-4+. The van der Waals surface area contributed by atoms with Gasteiger partial charge in [-0.15, -0.1) is 0 Å². The van der Waals surface area contributed by atoms with Gasteiger partial charge in [0.15, 0.2) is 5.42 Å². The van der Waals surface area contributed by atoms with Crippen molar-refractivity contribution in [2.24, 2.45) is 0 Å². The van der Waals surface area contributed by atoms with Gasteiger partial charge in [0, 0.05) is 0 Å². The van der Waals surface area contributed by atoms with Crippen LogP contribution in [-0.2, 0) is 0 Å². The highest BCUT2D eigenvalue weighted by atomic mass is 16.4.